The Bertz CT molecular complexity index is 1570. The van der Waals surface area contributed by atoms with E-state index in [2.05, 4.69) is 0 Å². The zero-order chi connectivity index (χ0) is 25.4. The zero-order valence-corrected chi connectivity index (χ0v) is 20.5. The number of nitro groups is 1. The van der Waals surface area contributed by atoms with Gasteiger partial charge in [-0.05, 0) is 61.0 Å². The highest BCUT2D eigenvalue weighted by Crippen LogP contribution is 2.38. The number of anilines is 1. The van der Waals surface area contributed by atoms with Gasteiger partial charge in [0.05, 0.1) is 26.4 Å². The van der Waals surface area contributed by atoms with Crippen molar-refractivity contribution in [1.29, 1.82) is 0 Å². The molecule has 0 unspecified atom stereocenters. The molecule has 8 heteroatoms. The quantitative estimate of drug-likeness (QED) is 0.153. The summed E-state index contributed by atoms with van der Waals surface area (Å²) in [7, 11) is 0. The number of nitro benzene ring substituents is 1. The Hall–Kier alpha value is -4.13. The SMILES string of the molecule is Cc1ccc(N2C(=O)/C(=C/c3ccc(-c4ccc(Cl)c(Cl)c4)o3)C=C2c2ccccc2)cc1[N+](=O)[O-]. The van der Waals surface area contributed by atoms with Crippen LogP contribution in [-0.4, -0.2) is 10.8 Å². The molecule has 178 valence electrons. The predicted octanol–water partition coefficient (Wildman–Crippen LogP) is 7.94. The Morgan fingerprint density at radius 2 is 1.69 bits per heavy atom. The molecule has 0 saturated carbocycles. The van der Waals surface area contributed by atoms with Crippen LogP contribution < -0.4 is 4.90 Å². The second-order valence-corrected chi connectivity index (χ2v) is 9.01. The number of nitrogens with zero attached hydrogens (tertiary/aromatic N) is 2. The molecule has 2 heterocycles. The number of carbonyl (C=O) groups excluding carboxylic acids is 1. The normalized spacial score (nSPS) is 14.4. The van der Waals surface area contributed by atoms with Gasteiger partial charge in [0.2, 0.25) is 0 Å². The Morgan fingerprint density at radius 3 is 2.42 bits per heavy atom. The molecule has 1 aliphatic rings. The van der Waals surface area contributed by atoms with Gasteiger partial charge in [0, 0.05) is 22.8 Å². The molecule has 3 aromatic carbocycles. The molecule has 0 fully saturated rings. The van der Waals surface area contributed by atoms with Crippen LogP contribution in [0.2, 0.25) is 10.0 Å². The van der Waals surface area contributed by atoms with Crippen molar-refractivity contribution in [2.24, 2.45) is 0 Å². The van der Waals surface area contributed by atoms with Gasteiger partial charge in [-0.3, -0.25) is 19.8 Å². The maximum atomic E-state index is 13.6. The van der Waals surface area contributed by atoms with Crippen LogP contribution >= 0.6 is 23.2 Å². The smallest absolute Gasteiger partial charge is 0.274 e. The fourth-order valence-electron chi connectivity index (χ4n) is 4.01. The van der Waals surface area contributed by atoms with E-state index in [1.807, 2.05) is 30.3 Å². The summed E-state index contributed by atoms with van der Waals surface area (Å²) in [5.74, 6) is 0.725. The van der Waals surface area contributed by atoms with Crippen molar-refractivity contribution in [2.45, 2.75) is 6.92 Å². The summed E-state index contributed by atoms with van der Waals surface area (Å²) >= 11 is 12.1. The lowest BCUT2D eigenvalue weighted by Crippen LogP contribution is -2.25. The van der Waals surface area contributed by atoms with Crippen molar-refractivity contribution in [3.63, 3.8) is 0 Å². The number of carbonyl (C=O) groups is 1. The minimum Gasteiger partial charge on any atom is -0.457 e. The van der Waals surface area contributed by atoms with Crippen LogP contribution in [0.4, 0.5) is 11.4 Å². The number of hydrogen-bond donors (Lipinski definition) is 0. The van der Waals surface area contributed by atoms with E-state index in [1.54, 1.807) is 61.5 Å². The Kier molecular flexibility index (Phi) is 6.22. The molecular formula is C28H18Cl2N2O4. The van der Waals surface area contributed by atoms with Crippen LogP contribution in [0.5, 0.6) is 0 Å². The third-order valence-corrected chi connectivity index (χ3v) is 6.57. The van der Waals surface area contributed by atoms with Crippen molar-refractivity contribution in [3.05, 3.63) is 128 Å². The van der Waals surface area contributed by atoms with E-state index < -0.39 is 4.92 Å². The van der Waals surface area contributed by atoms with Crippen molar-refractivity contribution in [1.82, 2.24) is 0 Å². The summed E-state index contributed by atoms with van der Waals surface area (Å²) in [6.07, 6.45) is 3.40. The van der Waals surface area contributed by atoms with Crippen molar-refractivity contribution >= 4 is 52.3 Å². The zero-order valence-electron chi connectivity index (χ0n) is 18.9. The predicted molar refractivity (Wildman–Crippen MR) is 142 cm³/mol. The topological polar surface area (TPSA) is 76.6 Å². The highest BCUT2D eigenvalue weighted by molar-refractivity contribution is 6.42. The molecule has 5 rings (SSSR count). The fourth-order valence-corrected chi connectivity index (χ4v) is 4.31. The summed E-state index contributed by atoms with van der Waals surface area (Å²) in [6.45, 7) is 1.66. The van der Waals surface area contributed by atoms with Crippen molar-refractivity contribution in [3.8, 4) is 11.3 Å². The Morgan fingerprint density at radius 1 is 0.917 bits per heavy atom. The minimum atomic E-state index is -0.449. The van der Waals surface area contributed by atoms with Gasteiger partial charge in [-0.25, -0.2) is 0 Å². The fraction of sp³-hybridized carbons (Fsp3) is 0.0357. The third-order valence-electron chi connectivity index (χ3n) is 5.83. The molecule has 4 aromatic rings. The largest absolute Gasteiger partial charge is 0.457 e. The summed E-state index contributed by atoms with van der Waals surface area (Å²) in [6, 6.07) is 22.9. The molecular weight excluding hydrogens is 499 g/mol. The number of benzene rings is 3. The highest BCUT2D eigenvalue weighted by atomic mass is 35.5. The molecule has 0 aliphatic carbocycles. The van der Waals surface area contributed by atoms with Crippen LogP contribution in [0, 0.1) is 17.0 Å². The van der Waals surface area contributed by atoms with Gasteiger partial charge in [0.1, 0.15) is 11.5 Å². The highest BCUT2D eigenvalue weighted by Gasteiger charge is 2.31. The molecule has 0 saturated heterocycles. The maximum absolute atomic E-state index is 13.6. The molecule has 6 nitrogen and oxygen atoms in total. The number of hydrogen-bond acceptors (Lipinski definition) is 4. The first-order valence-electron chi connectivity index (χ1n) is 11.0. The lowest BCUT2D eigenvalue weighted by Gasteiger charge is -2.21. The van der Waals surface area contributed by atoms with E-state index in [1.165, 1.54) is 11.0 Å². The van der Waals surface area contributed by atoms with E-state index in [-0.39, 0.29) is 11.6 Å². The van der Waals surface area contributed by atoms with Gasteiger partial charge in [0.25, 0.3) is 11.6 Å². The third kappa shape index (κ3) is 4.44. The van der Waals surface area contributed by atoms with Crippen LogP contribution in [0.3, 0.4) is 0 Å². The molecule has 1 amide bonds. The van der Waals surface area contributed by atoms with Gasteiger partial charge >= 0.3 is 0 Å². The standard InChI is InChI=1S/C28H18Cl2N2O4/c1-17-7-9-21(16-25(17)32(34)35)31-26(18-5-3-2-4-6-18)15-20(28(31)33)13-22-10-12-27(36-22)19-8-11-23(29)24(30)14-19/h2-16H,1H3/b20-13+. The monoisotopic (exact) mass is 516 g/mol. The van der Waals surface area contributed by atoms with Gasteiger partial charge in [-0.2, -0.15) is 0 Å². The Labute approximate surface area is 216 Å². The number of furan rings is 1. The minimum absolute atomic E-state index is 0.0533. The first kappa shape index (κ1) is 23.6. The van der Waals surface area contributed by atoms with Crippen molar-refractivity contribution < 1.29 is 14.1 Å². The Balaban J connectivity index is 1.56. The molecule has 1 aromatic heterocycles. The first-order chi connectivity index (χ1) is 17.3. The van der Waals surface area contributed by atoms with Gasteiger partial charge in [-0.1, -0.05) is 59.6 Å². The van der Waals surface area contributed by atoms with Crippen LogP contribution in [-0.2, 0) is 4.79 Å². The second kappa shape index (κ2) is 9.49. The summed E-state index contributed by atoms with van der Waals surface area (Å²) in [5, 5.41) is 12.4. The average Bonchev–Trinajstić information content (AvgIpc) is 3.46. The number of amides is 1. The van der Waals surface area contributed by atoms with Crippen LogP contribution in [0.25, 0.3) is 23.1 Å². The maximum Gasteiger partial charge on any atom is 0.274 e. The number of aryl methyl sites for hydroxylation is 1. The molecule has 0 bridgehead atoms. The van der Waals surface area contributed by atoms with Crippen LogP contribution in [0.15, 0.2) is 94.9 Å². The lowest BCUT2D eigenvalue weighted by molar-refractivity contribution is -0.385. The summed E-state index contributed by atoms with van der Waals surface area (Å²) < 4.78 is 5.96. The molecule has 36 heavy (non-hydrogen) atoms. The summed E-state index contributed by atoms with van der Waals surface area (Å²) in [4.78, 5) is 26.1. The van der Waals surface area contributed by atoms with E-state index in [0.717, 1.165) is 11.1 Å². The molecule has 0 atom stereocenters. The second-order valence-electron chi connectivity index (χ2n) is 8.19. The van der Waals surface area contributed by atoms with Crippen LogP contribution in [0.1, 0.15) is 16.9 Å². The molecule has 0 radical (unpaired) electrons. The van der Waals surface area contributed by atoms with E-state index in [9.17, 15) is 14.9 Å². The van der Waals surface area contributed by atoms with Gasteiger partial charge in [-0.15, -0.1) is 0 Å². The van der Waals surface area contributed by atoms with E-state index >= 15 is 0 Å². The molecule has 1 aliphatic heterocycles. The number of halogens is 2. The van der Waals surface area contributed by atoms with E-state index in [0.29, 0.717) is 44.1 Å². The average molecular weight is 517 g/mol. The number of rotatable bonds is 5. The van der Waals surface area contributed by atoms with Gasteiger partial charge in [0.15, 0.2) is 0 Å². The molecule has 0 N–H and O–H groups in total. The van der Waals surface area contributed by atoms with E-state index in [4.69, 9.17) is 27.6 Å². The first-order valence-corrected chi connectivity index (χ1v) is 11.7. The van der Waals surface area contributed by atoms with Crippen molar-refractivity contribution in [2.75, 3.05) is 4.90 Å². The summed E-state index contributed by atoms with van der Waals surface area (Å²) in [5.41, 5.74) is 3.42. The lowest BCUT2D eigenvalue weighted by atomic mass is 10.1. The van der Waals surface area contributed by atoms with Gasteiger partial charge < -0.3 is 4.42 Å². The molecule has 0 spiro atoms.